The minimum absolute atomic E-state index is 0.452. The van der Waals surface area contributed by atoms with Crippen LogP contribution in [0.2, 0.25) is 0 Å². The van der Waals surface area contributed by atoms with Crippen LogP contribution in [0.3, 0.4) is 0 Å². The Balaban J connectivity index is 1.65. The summed E-state index contributed by atoms with van der Waals surface area (Å²) in [5, 5.41) is 0.822. The van der Waals surface area contributed by atoms with Gasteiger partial charge >= 0.3 is 0 Å². The lowest BCUT2D eigenvalue weighted by Crippen LogP contribution is -2.08. The first kappa shape index (κ1) is 14.4. The predicted octanol–water partition coefficient (Wildman–Crippen LogP) is 3.37. The normalized spacial score (nSPS) is 10.8. The second-order valence-electron chi connectivity index (χ2n) is 5.09. The Labute approximate surface area is 141 Å². The van der Waals surface area contributed by atoms with Gasteiger partial charge in [-0.05, 0) is 30.3 Å². The smallest absolute Gasteiger partial charge is 0.258 e. The molecule has 0 bridgehead atoms. The van der Waals surface area contributed by atoms with Crippen LogP contribution >= 0.6 is 11.3 Å². The largest absolute Gasteiger partial charge is 0.455 e. The van der Waals surface area contributed by atoms with Gasteiger partial charge in [0, 0.05) is 29.7 Å². The molecule has 1 aromatic carbocycles. The number of imidazole rings is 1. The van der Waals surface area contributed by atoms with Gasteiger partial charge in [0.15, 0.2) is 5.75 Å². The molecule has 0 aliphatic heterocycles. The summed E-state index contributed by atoms with van der Waals surface area (Å²) in [7, 11) is 0. The van der Waals surface area contributed by atoms with Gasteiger partial charge in [0.05, 0.1) is 22.1 Å². The predicted molar refractivity (Wildman–Crippen MR) is 91.8 cm³/mol. The van der Waals surface area contributed by atoms with Crippen molar-refractivity contribution in [1.82, 2.24) is 14.5 Å². The number of thiophene rings is 1. The van der Waals surface area contributed by atoms with E-state index in [9.17, 15) is 4.79 Å². The van der Waals surface area contributed by atoms with E-state index in [1.54, 1.807) is 31.0 Å². The van der Waals surface area contributed by atoms with Crippen molar-refractivity contribution in [3.8, 4) is 17.2 Å². The molecule has 24 heavy (non-hydrogen) atoms. The van der Waals surface area contributed by atoms with Crippen LogP contribution < -0.4 is 10.5 Å². The number of fused-ring (bicyclic) bond motifs is 1. The summed E-state index contributed by atoms with van der Waals surface area (Å²) < 4.78 is 8.69. The summed E-state index contributed by atoms with van der Waals surface area (Å²) in [5.41, 5.74) is 6.33. The van der Waals surface area contributed by atoms with Crippen molar-refractivity contribution in [2.24, 2.45) is 5.73 Å². The average Bonchev–Trinajstić information content (AvgIpc) is 3.26. The molecule has 0 aliphatic rings. The number of hydrogen-bond acceptors (Lipinski definition) is 5. The molecule has 3 heterocycles. The maximum absolute atomic E-state index is 11.4. The molecule has 0 aliphatic carbocycles. The van der Waals surface area contributed by atoms with Gasteiger partial charge < -0.3 is 15.0 Å². The second kappa shape index (κ2) is 5.78. The number of benzene rings is 1. The molecule has 0 radical (unpaired) electrons. The number of amides is 1. The highest BCUT2D eigenvalue weighted by atomic mass is 32.1. The molecule has 0 spiro atoms. The van der Waals surface area contributed by atoms with E-state index in [0.717, 1.165) is 15.8 Å². The first-order chi connectivity index (χ1) is 11.7. The van der Waals surface area contributed by atoms with E-state index < -0.39 is 5.91 Å². The van der Waals surface area contributed by atoms with Gasteiger partial charge in [-0.1, -0.05) is 0 Å². The first-order valence-corrected chi connectivity index (χ1v) is 7.96. The molecule has 4 rings (SSSR count). The summed E-state index contributed by atoms with van der Waals surface area (Å²) in [6, 6.07) is 9.35. The number of ether oxygens (including phenoxy) is 1. The number of aromatic nitrogens is 3. The quantitative estimate of drug-likeness (QED) is 0.619. The number of pyridine rings is 1. The Morgan fingerprint density at radius 3 is 2.71 bits per heavy atom. The third-order valence-corrected chi connectivity index (χ3v) is 4.60. The number of carbonyl (C=O) groups excluding carboxylic acids is 1. The van der Waals surface area contributed by atoms with Crippen LogP contribution in [0, 0.1) is 0 Å². The van der Waals surface area contributed by atoms with Crippen LogP contribution in [0.15, 0.2) is 61.4 Å². The number of nitrogens with two attached hydrogens (primary N) is 1. The Bertz CT molecular complexity index is 1010. The van der Waals surface area contributed by atoms with Crippen molar-refractivity contribution in [3.63, 3.8) is 0 Å². The fraction of sp³-hybridized carbons (Fsp3) is 0. The third-order valence-electron chi connectivity index (χ3n) is 3.52. The molecule has 0 fully saturated rings. The topological polar surface area (TPSA) is 83.0 Å². The van der Waals surface area contributed by atoms with Crippen LogP contribution in [-0.2, 0) is 0 Å². The van der Waals surface area contributed by atoms with E-state index >= 15 is 0 Å². The monoisotopic (exact) mass is 336 g/mol. The van der Waals surface area contributed by atoms with E-state index in [-0.39, 0.29) is 0 Å². The summed E-state index contributed by atoms with van der Waals surface area (Å²) in [4.78, 5) is 20.0. The van der Waals surface area contributed by atoms with Crippen LogP contribution in [0.25, 0.3) is 15.8 Å². The van der Waals surface area contributed by atoms with Crippen LogP contribution in [0.1, 0.15) is 9.67 Å². The lowest BCUT2D eigenvalue weighted by Gasteiger charge is -2.08. The Hall–Kier alpha value is -3.19. The molecule has 7 heteroatoms. The minimum Gasteiger partial charge on any atom is -0.455 e. The SMILES string of the molecule is NC(=O)c1cc2c(Oc3ccc(-n4ccnc4)cc3)cncc2s1. The first-order valence-electron chi connectivity index (χ1n) is 7.14. The van der Waals surface area contributed by atoms with Gasteiger partial charge in [0.2, 0.25) is 0 Å². The zero-order chi connectivity index (χ0) is 16.5. The van der Waals surface area contributed by atoms with Crippen LogP contribution in [-0.4, -0.2) is 20.4 Å². The average molecular weight is 336 g/mol. The molecule has 118 valence electrons. The van der Waals surface area contributed by atoms with Gasteiger partial charge in [-0.15, -0.1) is 11.3 Å². The Morgan fingerprint density at radius 2 is 2.00 bits per heavy atom. The molecule has 1 amide bonds. The molecule has 6 nitrogen and oxygen atoms in total. The number of nitrogens with zero attached hydrogens (tertiary/aromatic N) is 3. The van der Waals surface area contributed by atoms with Crippen molar-refractivity contribution < 1.29 is 9.53 Å². The van der Waals surface area contributed by atoms with Gasteiger partial charge in [-0.3, -0.25) is 9.78 Å². The van der Waals surface area contributed by atoms with E-state index in [1.807, 2.05) is 35.0 Å². The standard InChI is InChI=1S/C17H12N4O2S/c18-17(22)15-7-13-14(8-20-9-16(13)24-15)23-12-3-1-11(2-4-12)21-6-5-19-10-21/h1-10H,(H2,18,22). The summed E-state index contributed by atoms with van der Waals surface area (Å²) in [6.45, 7) is 0. The summed E-state index contributed by atoms with van der Waals surface area (Å²) in [6.07, 6.45) is 8.66. The van der Waals surface area contributed by atoms with Crippen molar-refractivity contribution in [2.75, 3.05) is 0 Å². The van der Waals surface area contributed by atoms with Crippen LogP contribution in [0.4, 0.5) is 0 Å². The molecule has 4 aromatic rings. The van der Waals surface area contributed by atoms with Crippen molar-refractivity contribution >= 4 is 27.3 Å². The maximum Gasteiger partial charge on any atom is 0.258 e. The molecule has 0 atom stereocenters. The third kappa shape index (κ3) is 2.61. The molecular formula is C17H12N4O2S. The fourth-order valence-electron chi connectivity index (χ4n) is 2.36. The molecule has 0 saturated carbocycles. The number of hydrogen-bond donors (Lipinski definition) is 1. The maximum atomic E-state index is 11.4. The van der Waals surface area contributed by atoms with Gasteiger partial charge in [-0.25, -0.2) is 4.98 Å². The highest BCUT2D eigenvalue weighted by Gasteiger charge is 2.11. The molecular weight excluding hydrogens is 324 g/mol. The van der Waals surface area contributed by atoms with E-state index in [4.69, 9.17) is 10.5 Å². The van der Waals surface area contributed by atoms with Crippen LogP contribution in [0.5, 0.6) is 11.5 Å². The van der Waals surface area contributed by atoms with Crippen molar-refractivity contribution in [3.05, 3.63) is 66.3 Å². The number of primary amides is 1. The fourth-order valence-corrected chi connectivity index (χ4v) is 3.26. The van der Waals surface area contributed by atoms with Gasteiger partial charge in [-0.2, -0.15) is 0 Å². The highest BCUT2D eigenvalue weighted by molar-refractivity contribution is 7.20. The molecule has 3 aromatic heterocycles. The Kier molecular flexibility index (Phi) is 3.47. The number of rotatable bonds is 4. The highest BCUT2D eigenvalue weighted by Crippen LogP contribution is 2.34. The lowest BCUT2D eigenvalue weighted by atomic mass is 10.2. The molecule has 0 unspecified atom stereocenters. The van der Waals surface area contributed by atoms with E-state index in [1.165, 1.54) is 11.3 Å². The second-order valence-corrected chi connectivity index (χ2v) is 6.17. The van der Waals surface area contributed by atoms with E-state index in [2.05, 4.69) is 9.97 Å². The summed E-state index contributed by atoms with van der Waals surface area (Å²) in [5.74, 6) is 0.818. The lowest BCUT2D eigenvalue weighted by molar-refractivity contribution is 0.100. The van der Waals surface area contributed by atoms with Gasteiger partial charge in [0.25, 0.3) is 5.91 Å². The zero-order valence-corrected chi connectivity index (χ0v) is 13.2. The Morgan fingerprint density at radius 1 is 1.17 bits per heavy atom. The molecule has 0 saturated heterocycles. The van der Waals surface area contributed by atoms with Gasteiger partial charge in [0.1, 0.15) is 5.75 Å². The molecule has 2 N–H and O–H groups in total. The van der Waals surface area contributed by atoms with E-state index in [0.29, 0.717) is 16.4 Å². The van der Waals surface area contributed by atoms with Crippen molar-refractivity contribution in [2.45, 2.75) is 0 Å². The van der Waals surface area contributed by atoms with Crippen molar-refractivity contribution in [1.29, 1.82) is 0 Å². The minimum atomic E-state index is -0.452. The zero-order valence-electron chi connectivity index (χ0n) is 12.4. The summed E-state index contributed by atoms with van der Waals surface area (Å²) >= 11 is 1.30. The number of carbonyl (C=O) groups is 1.